The van der Waals surface area contributed by atoms with Crippen molar-refractivity contribution in [3.8, 4) is 16.9 Å². The van der Waals surface area contributed by atoms with E-state index in [1.165, 1.54) is 27.2 Å². The predicted molar refractivity (Wildman–Crippen MR) is 107 cm³/mol. The van der Waals surface area contributed by atoms with Gasteiger partial charge in [0.25, 0.3) is 5.56 Å². The molecule has 0 radical (unpaired) electrons. The molecule has 1 saturated heterocycles. The standard InChI is InChI=1S/C20H23N5O5/c1-11(2)12-3-5-13(6-4-12)25-15(8-21-23-25)14-9-24(20(29)22-19(14)28)18-7-16(27)17(10-26)30-18/h3-6,8-9,11,16-18,26-27H,7,10H2,1-2H3,(H,22,28,29)/t16-,17+,18+/m0/s1. The van der Waals surface area contributed by atoms with Crippen molar-refractivity contribution in [2.45, 2.75) is 44.6 Å². The molecule has 1 aromatic carbocycles. The Hall–Kier alpha value is -3.08. The number of rotatable bonds is 5. The molecule has 3 aromatic rings. The molecule has 0 amide bonds. The highest BCUT2D eigenvalue weighted by Gasteiger charge is 2.35. The van der Waals surface area contributed by atoms with Crippen molar-refractivity contribution in [2.24, 2.45) is 0 Å². The number of aliphatic hydroxyl groups is 2. The van der Waals surface area contributed by atoms with Gasteiger partial charge >= 0.3 is 5.69 Å². The maximum absolute atomic E-state index is 12.5. The van der Waals surface area contributed by atoms with Crippen LogP contribution in [0.25, 0.3) is 16.9 Å². The number of hydrogen-bond acceptors (Lipinski definition) is 7. The van der Waals surface area contributed by atoms with Crippen LogP contribution in [0.4, 0.5) is 0 Å². The molecular weight excluding hydrogens is 390 g/mol. The van der Waals surface area contributed by atoms with Gasteiger partial charge < -0.3 is 14.9 Å². The highest BCUT2D eigenvalue weighted by atomic mass is 16.5. The number of hydrogen-bond donors (Lipinski definition) is 3. The van der Waals surface area contributed by atoms with Crippen molar-refractivity contribution in [3.63, 3.8) is 0 Å². The molecule has 10 nitrogen and oxygen atoms in total. The van der Waals surface area contributed by atoms with Crippen LogP contribution in [0.5, 0.6) is 0 Å². The number of benzene rings is 1. The molecule has 1 aliphatic heterocycles. The Balaban J connectivity index is 1.75. The Labute approximate surface area is 171 Å². The van der Waals surface area contributed by atoms with E-state index in [-0.39, 0.29) is 18.6 Å². The maximum atomic E-state index is 12.5. The van der Waals surface area contributed by atoms with Gasteiger partial charge in [-0.05, 0) is 23.6 Å². The highest BCUT2D eigenvalue weighted by molar-refractivity contribution is 5.59. The average Bonchev–Trinajstić information content (AvgIpc) is 3.34. The number of aromatic nitrogens is 5. The topological polar surface area (TPSA) is 135 Å². The van der Waals surface area contributed by atoms with E-state index in [2.05, 4.69) is 29.1 Å². The number of aliphatic hydroxyl groups excluding tert-OH is 2. The summed E-state index contributed by atoms with van der Waals surface area (Å²) in [5.41, 5.74) is 1.22. The molecular formula is C20H23N5O5. The van der Waals surface area contributed by atoms with Gasteiger partial charge in [0.15, 0.2) is 0 Å². The van der Waals surface area contributed by atoms with Gasteiger partial charge in [-0.15, -0.1) is 5.10 Å². The Kier molecular flexibility index (Phi) is 5.37. The molecule has 2 aromatic heterocycles. The van der Waals surface area contributed by atoms with Crippen LogP contribution in [0, 0.1) is 0 Å². The van der Waals surface area contributed by atoms with E-state index >= 15 is 0 Å². The van der Waals surface area contributed by atoms with Crippen LogP contribution in [-0.4, -0.2) is 53.6 Å². The van der Waals surface area contributed by atoms with E-state index in [9.17, 15) is 19.8 Å². The lowest BCUT2D eigenvalue weighted by molar-refractivity contribution is -0.0458. The number of nitrogens with one attached hydrogen (secondary N) is 1. The molecule has 0 aliphatic carbocycles. The van der Waals surface area contributed by atoms with Crippen molar-refractivity contribution in [3.05, 3.63) is 63.1 Å². The molecule has 0 unspecified atom stereocenters. The van der Waals surface area contributed by atoms with E-state index in [1.807, 2.05) is 24.3 Å². The lowest BCUT2D eigenvalue weighted by Gasteiger charge is -2.15. The monoisotopic (exact) mass is 413 g/mol. The average molecular weight is 413 g/mol. The van der Waals surface area contributed by atoms with E-state index in [0.29, 0.717) is 11.6 Å². The quantitative estimate of drug-likeness (QED) is 0.556. The zero-order valence-corrected chi connectivity index (χ0v) is 16.6. The summed E-state index contributed by atoms with van der Waals surface area (Å²) in [6, 6.07) is 7.75. The van der Waals surface area contributed by atoms with Gasteiger partial charge in [0.1, 0.15) is 18.0 Å². The number of ether oxygens (including phenoxy) is 1. The Morgan fingerprint density at radius 1 is 1.27 bits per heavy atom. The normalized spacial score (nSPS) is 21.4. The second kappa shape index (κ2) is 7.98. The Morgan fingerprint density at radius 3 is 2.63 bits per heavy atom. The van der Waals surface area contributed by atoms with Gasteiger partial charge in [-0.1, -0.05) is 31.2 Å². The first-order chi connectivity index (χ1) is 14.4. The molecule has 30 heavy (non-hydrogen) atoms. The second-order valence-corrected chi connectivity index (χ2v) is 7.60. The summed E-state index contributed by atoms with van der Waals surface area (Å²) in [5.74, 6) is 0.380. The summed E-state index contributed by atoms with van der Waals surface area (Å²) in [6.07, 6.45) is 0.421. The fraction of sp³-hybridized carbons (Fsp3) is 0.400. The second-order valence-electron chi connectivity index (χ2n) is 7.60. The molecule has 3 atom stereocenters. The summed E-state index contributed by atoms with van der Waals surface area (Å²) >= 11 is 0. The van der Waals surface area contributed by atoms with Gasteiger partial charge in [0.05, 0.1) is 30.2 Å². The van der Waals surface area contributed by atoms with Crippen LogP contribution < -0.4 is 11.2 Å². The molecule has 158 valence electrons. The lowest BCUT2D eigenvalue weighted by atomic mass is 10.0. The number of aromatic amines is 1. The third-order valence-electron chi connectivity index (χ3n) is 5.29. The van der Waals surface area contributed by atoms with Crippen LogP contribution in [0.3, 0.4) is 0 Å². The van der Waals surface area contributed by atoms with Crippen LogP contribution in [0.1, 0.15) is 38.0 Å². The summed E-state index contributed by atoms with van der Waals surface area (Å²) in [6.45, 7) is 3.83. The molecule has 1 aliphatic rings. The molecule has 1 fully saturated rings. The summed E-state index contributed by atoms with van der Waals surface area (Å²) in [4.78, 5) is 27.2. The Morgan fingerprint density at radius 2 is 2.00 bits per heavy atom. The highest BCUT2D eigenvalue weighted by Crippen LogP contribution is 2.28. The van der Waals surface area contributed by atoms with Crippen LogP contribution in [0.2, 0.25) is 0 Å². The fourth-order valence-electron chi connectivity index (χ4n) is 3.54. The van der Waals surface area contributed by atoms with Gasteiger partial charge in [-0.25, -0.2) is 9.48 Å². The minimum atomic E-state index is -0.908. The smallest absolute Gasteiger partial charge is 0.330 e. The minimum absolute atomic E-state index is 0.116. The summed E-state index contributed by atoms with van der Waals surface area (Å²) < 4.78 is 8.28. The van der Waals surface area contributed by atoms with Crippen molar-refractivity contribution < 1.29 is 14.9 Å². The molecule has 4 rings (SSSR count). The predicted octanol–water partition coefficient (Wildman–Crippen LogP) is 0.548. The molecule has 10 heteroatoms. The van der Waals surface area contributed by atoms with E-state index < -0.39 is 29.7 Å². The molecule has 0 bridgehead atoms. The first-order valence-electron chi connectivity index (χ1n) is 9.70. The Bertz CT molecular complexity index is 1150. The molecule has 3 N–H and O–H groups in total. The van der Waals surface area contributed by atoms with E-state index in [1.54, 1.807) is 0 Å². The van der Waals surface area contributed by atoms with Gasteiger partial charge in [0.2, 0.25) is 0 Å². The lowest BCUT2D eigenvalue weighted by Crippen LogP contribution is -2.33. The third-order valence-corrected chi connectivity index (χ3v) is 5.29. The zero-order chi connectivity index (χ0) is 21.4. The minimum Gasteiger partial charge on any atom is -0.394 e. The maximum Gasteiger partial charge on any atom is 0.330 e. The molecule has 0 spiro atoms. The van der Waals surface area contributed by atoms with Crippen LogP contribution in [0.15, 0.2) is 46.2 Å². The van der Waals surface area contributed by atoms with Gasteiger partial charge in [-0.3, -0.25) is 14.3 Å². The first kappa shape index (κ1) is 20.2. The largest absolute Gasteiger partial charge is 0.394 e. The van der Waals surface area contributed by atoms with E-state index in [0.717, 1.165) is 5.69 Å². The van der Waals surface area contributed by atoms with Crippen molar-refractivity contribution >= 4 is 0 Å². The van der Waals surface area contributed by atoms with Gasteiger partial charge in [0, 0.05) is 12.6 Å². The van der Waals surface area contributed by atoms with Crippen LogP contribution in [-0.2, 0) is 4.74 Å². The summed E-state index contributed by atoms with van der Waals surface area (Å²) in [5, 5.41) is 27.3. The van der Waals surface area contributed by atoms with Gasteiger partial charge in [-0.2, -0.15) is 0 Å². The van der Waals surface area contributed by atoms with Crippen LogP contribution >= 0.6 is 0 Å². The summed E-state index contributed by atoms with van der Waals surface area (Å²) in [7, 11) is 0. The zero-order valence-electron chi connectivity index (χ0n) is 16.6. The molecule has 3 heterocycles. The first-order valence-corrected chi connectivity index (χ1v) is 9.70. The molecule has 0 saturated carbocycles. The van der Waals surface area contributed by atoms with Crippen molar-refractivity contribution in [1.29, 1.82) is 0 Å². The van der Waals surface area contributed by atoms with Crippen molar-refractivity contribution in [2.75, 3.05) is 6.61 Å². The van der Waals surface area contributed by atoms with E-state index in [4.69, 9.17) is 4.74 Å². The third kappa shape index (κ3) is 3.60. The number of nitrogens with zero attached hydrogens (tertiary/aromatic N) is 4. The fourth-order valence-corrected chi connectivity index (χ4v) is 3.54. The van der Waals surface area contributed by atoms with Crippen molar-refractivity contribution in [1.82, 2.24) is 24.5 Å². The SMILES string of the molecule is CC(C)c1ccc(-n2nncc2-c2cn([C@H]3C[C@H](O)[C@@H](CO)O3)c(=O)[nH]c2=O)cc1. The number of H-pyrrole nitrogens is 1.